The van der Waals surface area contributed by atoms with Crippen molar-refractivity contribution in [1.29, 1.82) is 0 Å². The fourth-order valence-corrected chi connectivity index (χ4v) is 4.97. The van der Waals surface area contributed by atoms with Crippen molar-refractivity contribution >= 4 is 49.3 Å². The number of halogens is 1. The van der Waals surface area contributed by atoms with E-state index in [1.807, 2.05) is 38.1 Å². The highest BCUT2D eigenvalue weighted by atomic mass is 79.9. The maximum atomic E-state index is 12.5. The van der Waals surface area contributed by atoms with Crippen LogP contribution in [0.25, 0.3) is 0 Å². The first-order chi connectivity index (χ1) is 12.9. The summed E-state index contributed by atoms with van der Waals surface area (Å²) in [6.45, 7) is 4.46. The Labute approximate surface area is 173 Å². The zero-order valence-corrected chi connectivity index (χ0v) is 18.5. The van der Waals surface area contributed by atoms with Crippen LogP contribution < -0.4 is 5.32 Å². The van der Waals surface area contributed by atoms with Gasteiger partial charge in [-0.1, -0.05) is 41.9 Å². The van der Waals surface area contributed by atoms with Crippen molar-refractivity contribution in [3.8, 4) is 0 Å². The van der Waals surface area contributed by atoms with E-state index in [0.29, 0.717) is 24.5 Å². The third-order valence-electron chi connectivity index (χ3n) is 3.90. The van der Waals surface area contributed by atoms with Crippen molar-refractivity contribution in [2.75, 3.05) is 24.2 Å². The summed E-state index contributed by atoms with van der Waals surface area (Å²) in [4.78, 5) is 12.3. The average Bonchev–Trinajstić information content (AvgIpc) is 2.64. The van der Waals surface area contributed by atoms with Crippen LogP contribution in [0.3, 0.4) is 0 Å². The molecule has 0 aliphatic rings. The van der Waals surface area contributed by atoms with Crippen LogP contribution in [0, 0.1) is 0 Å². The van der Waals surface area contributed by atoms with E-state index in [2.05, 4.69) is 21.2 Å². The van der Waals surface area contributed by atoms with Crippen LogP contribution in [-0.4, -0.2) is 37.5 Å². The second kappa shape index (κ2) is 10.3. The normalized spacial score (nSPS) is 11.6. The van der Waals surface area contributed by atoms with Gasteiger partial charge < -0.3 is 5.32 Å². The van der Waals surface area contributed by atoms with E-state index >= 15 is 0 Å². The number of nitrogens with one attached hydrogen (secondary N) is 1. The average molecular weight is 471 g/mol. The number of benzene rings is 2. The van der Waals surface area contributed by atoms with Gasteiger partial charge in [-0.3, -0.25) is 4.79 Å². The van der Waals surface area contributed by atoms with Gasteiger partial charge in [0.2, 0.25) is 15.9 Å². The Morgan fingerprint density at radius 3 is 2.19 bits per heavy atom. The van der Waals surface area contributed by atoms with Gasteiger partial charge in [0.25, 0.3) is 0 Å². The molecule has 0 aliphatic heterocycles. The molecule has 0 atom stereocenters. The molecule has 5 nitrogen and oxygen atoms in total. The van der Waals surface area contributed by atoms with E-state index in [0.717, 1.165) is 15.8 Å². The van der Waals surface area contributed by atoms with E-state index in [1.165, 1.54) is 28.2 Å². The Kier molecular flexibility index (Phi) is 8.34. The molecule has 0 spiro atoms. The van der Waals surface area contributed by atoms with Gasteiger partial charge in [0.05, 0.1) is 10.6 Å². The maximum absolute atomic E-state index is 12.5. The van der Waals surface area contributed by atoms with Crippen molar-refractivity contribution in [2.45, 2.75) is 24.5 Å². The molecule has 0 aliphatic carbocycles. The van der Waals surface area contributed by atoms with Crippen molar-refractivity contribution in [1.82, 2.24) is 4.31 Å². The smallest absolute Gasteiger partial charge is 0.243 e. The number of nitrogens with zero attached hydrogens (tertiary/aromatic N) is 1. The molecule has 0 saturated carbocycles. The van der Waals surface area contributed by atoms with Crippen molar-refractivity contribution in [3.63, 3.8) is 0 Å². The summed E-state index contributed by atoms with van der Waals surface area (Å²) >= 11 is 4.92. The van der Waals surface area contributed by atoms with Gasteiger partial charge >= 0.3 is 0 Å². The second-order valence-electron chi connectivity index (χ2n) is 5.78. The number of sulfonamides is 1. The zero-order chi connectivity index (χ0) is 19.9. The van der Waals surface area contributed by atoms with Crippen LogP contribution in [0.15, 0.2) is 57.9 Å². The van der Waals surface area contributed by atoms with E-state index < -0.39 is 10.0 Å². The van der Waals surface area contributed by atoms with Crippen LogP contribution in [0.4, 0.5) is 5.69 Å². The minimum absolute atomic E-state index is 0.114. The number of carbonyl (C=O) groups is 1. The van der Waals surface area contributed by atoms with Crippen LogP contribution in [-0.2, 0) is 20.6 Å². The molecule has 0 radical (unpaired) electrons. The highest BCUT2D eigenvalue weighted by Gasteiger charge is 2.21. The Balaban J connectivity index is 1.88. The number of thioether (sulfide) groups is 1. The predicted octanol–water partition coefficient (Wildman–Crippen LogP) is 4.35. The molecule has 0 bridgehead atoms. The number of rotatable bonds is 9. The molecule has 0 aromatic heterocycles. The summed E-state index contributed by atoms with van der Waals surface area (Å²) in [5.41, 5.74) is 1.74. The first-order valence-electron chi connectivity index (χ1n) is 8.59. The van der Waals surface area contributed by atoms with E-state index in [9.17, 15) is 13.2 Å². The quantitative estimate of drug-likeness (QED) is 0.591. The highest BCUT2D eigenvalue weighted by molar-refractivity contribution is 9.10. The minimum atomic E-state index is -3.48. The monoisotopic (exact) mass is 470 g/mol. The Morgan fingerprint density at radius 2 is 1.63 bits per heavy atom. The summed E-state index contributed by atoms with van der Waals surface area (Å²) < 4.78 is 27.3. The van der Waals surface area contributed by atoms with Crippen molar-refractivity contribution < 1.29 is 13.2 Å². The molecule has 0 fully saturated rings. The Morgan fingerprint density at radius 1 is 1.04 bits per heavy atom. The lowest BCUT2D eigenvalue weighted by Gasteiger charge is -2.18. The molecule has 2 aromatic rings. The van der Waals surface area contributed by atoms with Crippen LogP contribution in [0.5, 0.6) is 0 Å². The van der Waals surface area contributed by atoms with E-state index in [1.54, 1.807) is 12.1 Å². The first-order valence-corrected chi connectivity index (χ1v) is 12.0. The third kappa shape index (κ3) is 6.34. The largest absolute Gasteiger partial charge is 0.325 e. The Hall–Kier alpha value is -1.35. The first kappa shape index (κ1) is 21.9. The van der Waals surface area contributed by atoms with Gasteiger partial charge in [0.15, 0.2) is 0 Å². The van der Waals surface area contributed by atoms with Crippen molar-refractivity contribution in [2.24, 2.45) is 0 Å². The molecule has 0 heterocycles. The lowest BCUT2D eigenvalue weighted by Crippen LogP contribution is -2.30. The maximum Gasteiger partial charge on any atom is 0.243 e. The highest BCUT2D eigenvalue weighted by Crippen LogP contribution is 2.19. The van der Waals surface area contributed by atoms with Crippen LogP contribution >= 0.6 is 27.7 Å². The molecule has 146 valence electrons. The van der Waals surface area contributed by atoms with Gasteiger partial charge in [-0.2, -0.15) is 4.31 Å². The molecule has 1 amide bonds. The number of hydrogen-bond donors (Lipinski definition) is 1. The number of hydrogen-bond acceptors (Lipinski definition) is 4. The molecule has 1 N–H and O–H groups in total. The van der Waals surface area contributed by atoms with Crippen LogP contribution in [0.2, 0.25) is 0 Å². The number of carbonyl (C=O) groups excluding carboxylic acids is 1. The molecule has 0 saturated heterocycles. The van der Waals surface area contributed by atoms with Gasteiger partial charge in [0.1, 0.15) is 0 Å². The summed E-state index contributed by atoms with van der Waals surface area (Å²) in [5.74, 6) is 0.966. The topological polar surface area (TPSA) is 66.5 Å². The fourth-order valence-electron chi connectivity index (χ4n) is 2.46. The molecule has 0 unspecified atom stereocenters. The lowest BCUT2D eigenvalue weighted by atomic mass is 10.2. The molecule has 2 aromatic carbocycles. The van der Waals surface area contributed by atoms with Crippen molar-refractivity contribution in [3.05, 3.63) is 58.6 Å². The zero-order valence-electron chi connectivity index (χ0n) is 15.3. The fraction of sp³-hybridized carbons (Fsp3) is 0.316. The van der Waals surface area contributed by atoms with E-state index in [-0.39, 0.29) is 10.8 Å². The number of amides is 1. The second-order valence-corrected chi connectivity index (χ2v) is 9.62. The summed E-state index contributed by atoms with van der Waals surface area (Å²) in [7, 11) is -3.48. The molecular weight excluding hydrogens is 448 g/mol. The van der Waals surface area contributed by atoms with E-state index in [4.69, 9.17) is 0 Å². The molecule has 8 heteroatoms. The number of anilines is 1. The summed E-state index contributed by atoms with van der Waals surface area (Å²) in [5, 5.41) is 2.80. The molecule has 2 rings (SSSR count). The predicted molar refractivity (Wildman–Crippen MR) is 115 cm³/mol. The summed E-state index contributed by atoms with van der Waals surface area (Å²) in [6.07, 6.45) is 0. The lowest BCUT2D eigenvalue weighted by molar-refractivity contribution is -0.113. The summed E-state index contributed by atoms with van der Waals surface area (Å²) in [6, 6.07) is 14.3. The Bertz CT molecular complexity index is 850. The van der Waals surface area contributed by atoms with Gasteiger partial charge in [0, 0.05) is 29.0 Å². The SMILES string of the molecule is CCN(CC)S(=O)(=O)c1ccc(NC(=O)CSCc2ccc(Br)cc2)cc1. The van der Waals surface area contributed by atoms with Gasteiger partial charge in [-0.05, 0) is 42.0 Å². The minimum Gasteiger partial charge on any atom is -0.325 e. The third-order valence-corrected chi connectivity index (χ3v) is 7.49. The van der Waals surface area contributed by atoms with Gasteiger partial charge in [-0.15, -0.1) is 11.8 Å². The van der Waals surface area contributed by atoms with Gasteiger partial charge in [-0.25, -0.2) is 8.42 Å². The standard InChI is InChI=1S/C19H23BrN2O3S2/c1-3-22(4-2)27(24,25)18-11-9-17(10-12-18)21-19(23)14-26-13-15-5-7-16(20)8-6-15/h5-12H,3-4,13-14H2,1-2H3,(H,21,23). The van der Waals surface area contributed by atoms with Crippen LogP contribution in [0.1, 0.15) is 19.4 Å². The molecule has 27 heavy (non-hydrogen) atoms. The molecular formula is C19H23BrN2O3S2.